The first-order valence-corrected chi connectivity index (χ1v) is 6.89. The fourth-order valence-electron chi connectivity index (χ4n) is 2.36. The molecule has 1 aliphatic heterocycles. The summed E-state index contributed by atoms with van der Waals surface area (Å²) in [5.41, 5.74) is 2.82. The molecule has 1 unspecified atom stereocenters. The van der Waals surface area contributed by atoms with Gasteiger partial charge in [-0.3, -0.25) is 4.79 Å². The summed E-state index contributed by atoms with van der Waals surface area (Å²) in [5.74, 6) is -0.0278. The van der Waals surface area contributed by atoms with Crippen LogP contribution in [0.4, 0.5) is 5.69 Å². The normalized spacial score (nSPS) is 18.9. The monoisotopic (exact) mass is 262 g/mol. The lowest BCUT2D eigenvalue weighted by Crippen LogP contribution is -2.35. The summed E-state index contributed by atoms with van der Waals surface area (Å²) in [6.45, 7) is 3.41. The Kier molecular flexibility index (Phi) is 4.80. The molecule has 1 saturated heterocycles. The van der Waals surface area contributed by atoms with Crippen molar-refractivity contribution in [3.63, 3.8) is 0 Å². The van der Waals surface area contributed by atoms with Crippen molar-refractivity contribution in [2.24, 2.45) is 0 Å². The second-order valence-corrected chi connectivity index (χ2v) is 4.98. The molecule has 0 bridgehead atoms. The maximum atomic E-state index is 12.1. The van der Waals surface area contributed by atoms with Gasteiger partial charge in [-0.1, -0.05) is 0 Å². The second kappa shape index (κ2) is 6.57. The molecule has 1 aromatic rings. The van der Waals surface area contributed by atoms with Crippen LogP contribution in [0.15, 0.2) is 18.2 Å². The fourth-order valence-corrected chi connectivity index (χ4v) is 2.36. The third-order valence-electron chi connectivity index (χ3n) is 3.52. The molecule has 0 spiro atoms. The largest absolute Gasteiger partial charge is 0.388 e. The van der Waals surface area contributed by atoms with Crippen molar-refractivity contribution in [2.75, 3.05) is 25.5 Å². The Morgan fingerprint density at radius 3 is 2.89 bits per heavy atom. The maximum absolute atomic E-state index is 12.1. The van der Waals surface area contributed by atoms with Gasteiger partial charge in [0.15, 0.2) is 0 Å². The molecule has 0 saturated carbocycles. The van der Waals surface area contributed by atoms with Gasteiger partial charge in [0.2, 0.25) is 0 Å². The molecular formula is C15H22N2O2. The van der Waals surface area contributed by atoms with Crippen LogP contribution in [0.25, 0.3) is 0 Å². The van der Waals surface area contributed by atoms with E-state index in [1.165, 1.54) is 6.42 Å². The zero-order chi connectivity index (χ0) is 13.7. The number of ether oxygens (including phenoxy) is 1. The van der Waals surface area contributed by atoms with Gasteiger partial charge in [-0.15, -0.1) is 0 Å². The lowest BCUT2D eigenvalue weighted by molar-refractivity contribution is 0.0169. The van der Waals surface area contributed by atoms with E-state index in [1.54, 1.807) is 0 Å². The van der Waals surface area contributed by atoms with E-state index in [0.717, 1.165) is 30.7 Å². The molecule has 1 atom stereocenters. The first kappa shape index (κ1) is 13.9. The highest BCUT2D eigenvalue weighted by Crippen LogP contribution is 2.16. The van der Waals surface area contributed by atoms with Crippen LogP contribution < -0.4 is 10.6 Å². The Morgan fingerprint density at radius 2 is 2.26 bits per heavy atom. The number of hydrogen-bond donors (Lipinski definition) is 2. The Morgan fingerprint density at radius 1 is 1.42 bits per heavy atom. The average molecular weight is 262 g/mol. The zero-order valence-corrected chi connectivity index (χ0v) is 11.7. The van der Waals surface area contributed by atoms with Crippen LogP contribution in [0.5, 0.6) is 0 Å². The van der Waals surface area contributed by atoms with Crippen molar-refractivity contribution in [1.29, 1.82) is 0 Å². The van der Waals surface area contributed by atoms with E-state index >= 15 is 0 Å². The maximum Gasteiger partial charge on any atom is 0.251 e. The number of amides is 1. The minimum absolute atomic E-state index is 0.0278. The van der Waals surface area contributed by atoms with E-state index < -0.39 is 0 Å². The minimum Gasteiger partial charge on any atom is -0.388 e. The van der Waals surface area contributed by atoms with Gasteiger partial charge in [0, 0.05) is 31.5 Å². The number of nitrogens with one attached hydrogen (secondary N) is 2. The van der Waals surface area contributed by atoms with E-state index in [9.17, 15) is 4.79 Å². The highest BCUT2D eigenvalue weighted by Gasteiger charge is 2.15. The van der Waals surface area contributed by atoms with Gasteiger partial charge in [-0.25, -0.2) is 0 Å². The van der Waals surface area contributed by atoms with Crippen molar-refractivity contribution < 1.29 is 9.53 Å². The third-order valence-corrected chi connectivity index (χ3v) is 3.52. The molecule has 0 radical (unpaired) electrons. The fraction of sp³-hybridized carbons (Fsp3) is 0.533. The summed E-state index contributed by atoms with van der Waals surface area (Å²) >= 11 is 0. The van der Waals surface area contributed by atoms with Crippen molar-refractivity contribution in [2.45, 2.75) is 32.3 Å². The summed E-state index contributed by atoms with van der Waals surface area (Å²) in [6, 6.07) is 5.68. The van der Waals surface area contributed by atoms with E-state index in [4.69, 9.17) is 4.74 Å². The zero-order valence-electron chi connectivity index (χ0n) is 11.7. The summed E-state index contributed by atoms with van der Waals surface area (Å²) in [5, 5.41) is 6.04. The molecular weight excluding hydrogens is 240 g/mol. The number of aryl methyl sites for hydroxylation is 1. The first-order valence-electron chi connectivity index (χ1n) is 6.89. The predicted molar refractivity (Wildman–Crippen MR) is 76.6 cm³/mol. The van der Waals surface area contributed by atoms with Gasteiger partial charge in [-0.05, 0) is 49.9 Å². The summed E-state index contributed by atoms with van der Waals surface area (Å²) < 4.78 is 5.60. The summed E-state index contributed by atoms with van der Waals surface area (Å²) in [7, 11) is 1.88. The van der Waals surface area contributed by atoms with Crippen molar-refractivity contribution in [3.8, 4) is 0 Å². The molecule has 104 valence electrons. The third kappa shape index (κ3) is 3.70. The Labute approximate surface area is 114 Å². The molecule has 2 N–H and O–H groups in total. The van der Waals surface area contributed by atoms with Crippen LogP contribution in [-0.2, 0) is 4.74 Å². The van der Waals surface area contributed by atoms with Gasteiger partial charge < -0.3 is 15.4 Å². The van der Waals surface area contributed by atoms with E-state index in [1.807, 2.05) is 32.2 Å². The van der Waals surface area contributed by atoms with Crippen LogP contribution in [0, 0.1) is 6.92 Å². The smallest absolute Gasteiger partial charge is 0.251 e. The molecule has 2 rings (SSSR count). The Bertz CT molecular complexity index is 440. The second-order valence-electron chi connectivity index (χ2n) is 4.98. The van der Waals surface area contributed by atoms with Gasteiger partial charge in [0.1, 0.15) is 0 Å². The number of rotatable bonds is 4. The molecule has 1 amide bonds. The van der Waals surface area contributed by atoms with Crippen LogP contribution in [-0.4, -0.2) is 32.2 Å². The Hall–Kier alpha value is -1.55. The highest BCUT2D eigenvalue weighted by molar-refractivity contribution is 5.94. The number of anilines is 1. The standard InChI is InChI=1S/C15H22N2O2/c1-11-9-12(6-7-14(11)16-2)15(18)17-10-13-5-3-4-8-19-13/h6-7,9,13,16H,3-5,8,10H2,1-2H3,(H,17,18). The van der Waals surface area contributed by atoms with Gasteiger partial charge in [0.25, 0.3) is 5.91 Å². The summed E-state index contributed by atoms with van der Waals surface area (Å²) in [4.78, 5) is 12.1. The molecule has 19 heavy (non-hydrogen) atoms. The molecule has 0 aromatic heterocycles. The number of carbonyl (C=O) groups is 1. The van der Waals surface area contributed by atoms with Crippen molar-refractivity contribution in [3.05, 3.63) is 29.3 Å². The number of hydrogen-bond acceptors (Lipinski definition) is 3. The number of carbonyl (C=O) groups excluding carboxylic acids is 1. The van der Waals surface area contributed by atoms with Gasteiger partial charge in [0.05, 0.1) is 6.10 Å². The van der Waals surface area contributed by atoms with Gasteiger partial charge in [-0.2, -0.15) is 0 Å². The SMILES string of the molecule is CNc1ccc(C(=O)NCC2CCCCO2)cc1C. The molecule has 1 aliphatic rings. The molecule has 4 nitrogen and oxygen atoms in total. The van der Waals surface area contributed by atoms with Crippen LogP contribution >= 0.6 is 0 Å². The highest BCUT2D eigenvalue weighted by atomic mass is 16.5. The van der Waals surface area contributed by atoms with Crippen LogP contribution in [0.2, 0.25) is 0 Å². The lowest BCUT2D eigenvalue weighted by Gasteiger charge is -2.22. The minimum atomic E-state index is -0.0278. The van der Waals surface area contributed by atoms with Crippen LogP contribution in [0.3, 0.4) is 0 Å². The van der Waals surface area contributed by atoms with E-state index in [0.29, 0.717) is 12.1 Å². The van der Waals surface area contributed by atoms with Crippen molar-refractivity contribution in [1.82, 2.24) is 5.32 Å². The molecule has 4 heteroatoms. The predicted octanol–water partition coefficient (Wildman–Crippen LogP) is 2.34. The van der Waals surface area contributed by atoms with Crippen LogP contribution in [0.1, 0.15) is 35.2 Å². The summed E-state index contributed by atoms with van der Waals surface area (Å²) in [6.07, 6.45) is 3.54. The van der Waals surface area contributed by atoms with Crippen molar-refractivity contribution >= 4 is 11.6 Å². The number of benzene rings is 1. The molecule has 1 heterocycles. The lowest BCUT2D eigenvalue weighted by atomic mass is 10.1. The van der Waals surface area contributed by atoms with Gasteiger partial charge >= 0.3 is 0 Å². The van der Waals surface area contributed by atoms with E-state index in [2.05, 4.69) is 10.6 Å². The topological polar surface area (TPSA) is 50.4 Å². The first-order chi connectivity index (χ1) is 9.20. The van der Waals surface area contributed by atoms with E-state index in [-0.39, 0.29) is 12.0 Å². The molecule has 0 aliphatic carbocycles. The Balaban J connectivity index is 1.90. The quantitative estimate of drug-likeness (QED) is 0.875. The molecule has 1 fully saturated rings. The molecule has 1 aromatic carbocycles. The average Bonchev–Trinajstić information content (AvgIpc) is 2.45.